The summed E-state index contributed by atoms with van der Waals surface area (Å²) in [7, 11) is 3.93. The van der Waals surface area contributed by atoms with Gasteiger partial charge in [-0.2, -0.15) is 0 Å². The van der Waals surface area contributed by atoms with Crippen molar-refractivity contribution in [1.29, 1.82) is 0 Å². The van der Waals surface area contributed by atoms with Gasteiger partial charge in [0.25, 0.3) is 0 Å². The summed E-state index contributed by atoms with van der Waals surface area (Å²) in [5.41, 5.74) is 1.51. The number of ether oxygens (including phenoxy) is 12. The van der Waals surface area contributed by atoms with Crippen molar-refractivity contribution in [2.24, 2.45) is 0 Å². The first-order valence-electron chi connectivity index (χ1n) is 32.3. The molecule has 6 N–H and O–H groups in total. The second-order valence-electron chi connectivity index (χ2n) is 21.7. The third kappa shape index (κ3) is 23.8. The Hall–Kier alpha value is -10.8. The van der Waals surface area contributed by atoms with Crippen molar-refractivity contribution < 1.29 is 102 Å². The molecule has 0 aliphatic carbocycles. The molecule has 2 aromatic heterocycles. The highest BCUT2D eigenvalue weighted by atomic mass is 16.5. The minimum Gasteiger partial charge on any atom is -0.507 e. The van der Waals surface area contributed by atoms with Gasteiger partial charge in [-0.25, -0.2) is 29.9 Å². The molecule has 0 unspecified atom stereocenters. The molecule has 0 fully saturated rings. The first kappa shape index (κ1) is 75.6. The fourth-order valence-corrected chi connectivity index (χ4v) is 9.14. The molecule has 0 saturated heterocycles. The fraction of sp³-hybridized carbons (Fsp3) is 0.375. The Morgan fingerprint density at radius 1 is 0.283 bits per heavy atom. The average Bonchev–Trinajstić information content (AvgIpc) is 0.795. The zero-order chi connectivity index (χ0) is 70.9. The molecular weight excluding hydrogens is 1280 g/mol. The summed E-state index contributed by atoms with van der Waals surface area (Å²) < 4.78 is 64.4. The van der Waals surface area contributed by atoms with E-state index in [2.05, 4.69) is 44.1 Å². The van der Waals surface area contributed by atoms with E-state index in [1.807, 2.05) is 20.8 Å². The molecule has 0 bridgehead atoms. The van der Waals surface area contributed by atoms with E-state index in [1.54, 1.807) is 72.8 Å². The zero-order valence-corrected chi connectivity index (χ0v) is 56.2. The maximum atomic E-state index is 11.4. The van der Waals surface area contributed by atoms with E-state index in [0.717, 1.165) is 19.3 Å². The van der Waals surface area contributed by atoms with Gasteiger partial charge in [-0.1, -0.05) is 20.8 Å². The largest absolute Gasteiger partial charge is 0.507 e. The highest BCUT2D eigenvalue weighted by molar-refractivity contribution is 5.77. The number of carbonyl (C=O) groups is 3. The van der Waals surface area contributed by atoms with E-state index >= 15 is 0 Å². The summed E-state index contributed by atoms with van der Waals surface area (Å²) in [5, 5.41) is 66.0. The first-order chi connectivity index (χ1) is 48.0. The lowest BCUT2D eigenvalue weighted by Gasteiger charge is -2.13. The fourth-order valence-electron chi connectivity index (χ4n) is 9.14. The quantitative estimate of drug-likeness (QED) is 0.0118. The minimum atomic E-state index is -0.356. The van der Waals surface area contributed by atoms with Gasteiger partial charge in [0.05, 0.1) is 94.4 Å². The Morgan fingerprint density at radius 2 is 0.475 bits per heavy atom. The lowest BCUT2D eigenvalue weighted by Crippen LogP contribution is -2.07. The van der Waals surface area contributed by atoms with E-state index in [1.165, 1.54) is 57.7 Å². The number of nitrogens with zero attached hydrogens (tertiary/aromatic N) is 6. The third-order valence-electron chi connectivity index (χ3n) is 14.1. The SMILES string of the molecule is CCCOCCOc1ccc(-c2nc(-c3ccc(OCCOCCC)cc3O)nc(-c3ccc(OCCOCCC)cc3O)n2)c(O)c1.COC(=O)CCCOc1ccc(-c2nc(-c3ccc(OCCCC(=O)OC)cc3O)nc(-c3ccc(OCCCC(=O)OC)cc3O)n2)c(O)c1. The summed E-state index contributed by atoms with van der Waals surface area (Å²) in [6.07, 6.45) is 4.54. The van der Waals surface area contributed by atoms with Gasteiger partial charge in [0, 0.05) is 75.5 Å². The van der Waals surface area contributed by atoms with Crippen LogP contribution in [0.25, 0.3) is 68.3 Å². The molecule has 0 saturated carbocycles. The number of carbonyl (C=O) groups excluding carboxylic acids is 3. The molecule has 2 heterocycles. The van der Waals surface area contributed by atoms with Crippen molar-refractivity contribution >= 4 is 17.9 Å². The molecular formula is C72H84N6O21. The monoisotopic (exact) mass is 1370 g/mol. The smallest absolute Gasteiger partial charge is 0.305 e. The van der Waals surface area contributed by atoms with Crippen LogP contribution < -0.4 is 28.4 Å². The predicted octanol–water partition coefficient (Wildman–Crippen LogP) is 11.4. The van der Waals surface area contributed by atoms with Crippen LogP contribution in [0.15, 0.2) is 109 Å². The Labute approximate surface area is 573 Å². The molecule has 0 radical (unpaired) electrons. The predicted molar refractivity (Wildman–Crippen MR) is 362 cm³/mol. The highest BCUT2D eigenvalue weighted by Gasteiger charge is 2.23. The Morgan fingerprint density at radius 3 is 0.646 bits per heavy atom. The molecule has 0 amide bonds. The van der Waals surface area contributed by atoms with Gasteiger partial charge >= 0.3 is 17.9 Å². The number of methoxy groups -OCH3 is 3. The summed E-state index contributed by atoms with van der Waals surface area (Å²) in [6, 6.07) is 28.0. The number of aromatic hydroxyl groups is 6. The maximum absolute atomic E-state index is 11.4. The number of rotatable bonds is 39. The Kier molecular flexibility index (Phi) is 30.6. The molecule has 27 heteroatoms. The number of esters is 3. The van der Waals surface area contributed by atoms with E-state index in [0.29, 0.717) is 130 Å². The topological polar surface area (TPSA) is 361 Å². The van der Waals surface area contributed by atoms with E-state index in [-0.39, 0.29) is 143 Å². The van der Waals surface area contributed by atoms with Gasteiger partial charge in [0.1, 0.15) is 88.8 Å². The maximum Gasteiger partial charge on any atom is 0.305 e. The van der Waals surface area contributed by atoms with Crippen LogP contribution in [0.1, 0.15) is 78.6 Å². The number of hydrogen-bond donors (Lipinski definition) is 6. The molecule has 27 nitrogen and oxygen atoms in total. The highest BCUT2D eigenvalue weighted by Crippen LogP contribution is 2.40. The lowest BCUT2D eigenvalue weighted by atomic mass is 10.1. The Balaban J connectivity index is 0.000000279. The first-order valence-corrected chi connectivity index (χ1v) is 32.3. The van der Waals surface area contributed by atoms with Crippen LogP contribution in [0.3, 0.4) is 0 Å². The second-order valence-corrected chi connectivity index (χ2v) is 21.7. The molecule has 0 aliphatic rings. The van der Waals surface area contributed by atoms with Crippen LogP contribution in [0.2, 0.25) is 0 Å². The normalized spacial score (nSPS) is 10.8. The van der Waals surface area contributed by atoms with Crippen molar-refractivity contribution in [2.75, 3.05) is 101 Å². The number of hydrogen-bond acceptors (Lipinski definition) is 27. The molecule has 99 heavy (non-hydrogen) atoms. The van der Waals surface area contributed by atoms with Gasteiger partial charge in [0.15, 0.2) is 34.9 Å². The van der Waals surface area contributed by atoms with Gasteiger partial charge in [-0.3, -0.25) is 14.4 Å². The summed E-state index contributed by atoms with van der Waals surface area (Å²) in [4.78, 5) is 61.5. The Bertz CT molecular complexity index is 3500. The van der Waals surface area contributed by atoms with E-state index in [9.17, 15) is 45.0 Å². The lowest BCUT2D eigenvalue weighted by molar-refractivity contribution is -0.141. The van der Waals surface area contributed by atoms with Gasteiger partial charge in [-0.05, 0) is 111 Å². The van der Waals surface area contributed by atoms with Crippen molar-refractivity contribution in [3.8, 4) is 137 Å². The average molecular weight is 1370 g/mol. The molecule has 528 valence electrons. The van der Waals surface area contributed by atoms with Gasteiger partial charge < -0.3 is 87.5 Å². The van der Waals surface area contributed by atoms with Crippen molar-refractivity contribution in [3.05, 3.63) is 109 Å². The van der Waals surface area contributed by atoms with E-state index < -0.39 is 0 Å². The van der Waals surface area contributed by atoms with Crippen molar-refractivity contribution in [3.63, 3.8) is 0 Å². The van der Waals surface area contributed by atoms with Crippen LogP contribution in [0.5, 0.6) is 69.0 Å². The summed E-state index contributed by atoms with van der Waals surface area (Å²) >= 11 is 0. The number of benzene rings is 6. The molecule has 0 spiro atoms. The summed E-state index contributed by atoms with van der Waals surface area (Å²) in [6.45, 7) is 10.9. The third-order valence-corrected chi connectivity index (χ3v) is 14.1. The van der Waals surface area contributed by atoms with E-state index in [4.69, 9.17) is 42.6 Å². The second kappa shape index (κ2) is 40.1. The minimum absolute atomic E-state index is 0.0230. The van der Waals surface area contributed by atoms with Crippen LogP contribution in [0.4, 0.5) is 0 Å². The van der Waals surface area contributed by atoms with Crippen molar-refractivity contribution in [2.45, 2.75) is 78.6 Å². The number of phenolic OH excluding ortho intramolecular Hbond substituents is 6. The van der Waals surface area contributed by atoms with Crippen molar-refractivity contribution in [1.82, 2.24) is 29.9 Å². The van der Waals surface area contributed by atoms with Crippen LogP contribution in [-0.2, 0) is 42.8 Å². The standard InChI is InChI=1S/C36H39N3O12.C36H45N3O9/c1-46-31(43)7-4-16-49-22-10-13-25(28(40)19-22)34-37-35(26-14-11-23(20-29(26)41)50-17-5-8-32(44)47-2)39-36(38-34)27-15-12-24(21-30(27)42)51-18-6-9-33(45)48-3;1-4-13-43-16-19-46-25-7-10-28(31(40)22-25)34-37-35(29-11-8-26(23-32(29)41)47-20-17-44-14-5-2)39-36(38-34)30-12-9-27(24-33(30)42)48-21-18-45-15-6-3/h10-15,19-21,40-42H,4-9,16-18H2,1-3H3;7-12,22-24,40-42H,4-6,13-21H2,1-3H3. The zero-order valence-electron chi connectivity index (χ0n) is 56.2. The number of aromatic nitrogens is 6. The molecule has 6 aromatic carbocycles. The van der Waals surface area contributed by atoms with Crippen LogP contribution in [0, 0.1) is 0 Å². The van der Waals surface area contributed by atoms with Gasteiger partial charge in [-0.15, -0.1) is 0 Å². The van der Waals surface area contributed by atoms with Crippen LogP contribution >= 0.6 is 0 Å². The van der Waals surface area contributed by atoms with Crippen LogP contribution in [-0.4, -0.2) is 179 Å². The molecule has 8 rings (SSSR count). The molecule has 0 aliphatic heterocycles. The molecule has 8 aromatic rings. The number of phenols is 6. The summed E-state index contributed by atoms with van der Waals surface area (Å²) in [5.74, 6) is 0.707. The molecule has 0 atom stereocenters. The van der Waals surface area contributed by atoms with Gasteiger partial charge in [0.2, 0.25) is 0 Å².